The lowest BCUT2D eigenvalue weighted by Crippen LogP contribution is -2.27. The quantitative estimate of drug-likeness (QED) is 0.659. The highest BCUT2D eigenvalue weighted by molar-refractivity contribution is 5.56. The van der Waals surface area contributed by atoms with E-state index >= 15 is 0 Å². The predicted molar refractivity (Wildman–Crippen MR) is 72.7 cm³/mol. The largest absolute Gasteiger partial charge is 0.380 e. The number of anilines is 2. The maximum absolute atomic E-state index is 11.0. The minimum Gasteiger partial charge on any atom is -0.380 e. The molecule has 1 aliphatic heterocycles. The van der Waals surface area contributed by atoms with Crippen molar-refractivity contribution in [1.29, 1.82) is 0 Å². The van der Waals surface area contributed by atoms with Crippen molar-refractivity contribution in [2.45, 2.75) is 13.3 Å². The van der Waals surface area contributed by atoms with E-state index < -0.39 is 0 Å². The third-order valence-corrected chi connectivity index (χ3v) is 2.91. The SMILES string of the molecule is CCNc1cc([N+](=O)[O-])cc(N2CCCOCC2)n1. The smallest absolute Gasteiger partial charge is 0.276 e. The Morgan fingerprint density at radius 3 is 3.05 bits per heavy atom. The first-order valence-corrected chi connectivity index (χ1v) is 6.43. The van der Waals surface area contributed by atoms with Gasteiger partial charge in [-0.25, -0.2) is 4.98 Å². The molecular weight excluding hydrogens is 248 g/mol. The summed E-state index contributed by atoms with van der Waals surface area (Å²) in [7, 11) is 0. The Morgan fingerprint density at radius 2 is 2.32 bits per heavy atom. The number of hydrogen-bond acceptors (Lipinski definition) is 6. The standard InChI is InChI=1S/C12H18N4O3/c1-2-13-11-8-10(16(17)18)9-12(14-11)15-4-3-6-19-7-5-15/h8-9H,2-7H2,1H3,(H,13,14). The zero-order chi connectivity index (χ0) is 13.7. The number of nitro groups is 1. The fourth-order valence-corrected chi connectivity index (χ4v) is 2.02. The molecule has 0 aromatic carbocycles. The van der Waals surface area contributed by atoms with E-state index in [0.717, 1.165) is 19.6 Å². The second-order valence-corrected chi connectivity index (χ2v) is 4.31. The Morgan fingerprint density at radius 1 is 1.47 bits per heavy atom. The van der Waals surface area contributed by atoms with Gasteiger partial charge in [-0.3, -0.25) is 10.1 Å². The van der Waals surface area contributed by atoms with Crippen LogP contribution in [-0.2, 0) is 4.74 Å². The molecule has 2 heterocycles. The summed E-state index contributed by atoms with van der Waals surface area (Å²) in [5, 5.41) is 14.0. The predicted octanol–water partition coefficient (Wildman–Crippen LogP) is 1.65. The number of aromatic nitrogens is 1. The number of hydrogen-bond donors (Lipinski definition) is 1. The van der Waals surface area contributed by atoms with Gasteiger partial charge in [0.1, 0.15) is 11.6 Å². The summed E-state index contributed by atoms with van der Waals surface area (Å²) in [6.45, 7) is 5.47. The minimum absolute atomic E-state index is 0.0612. The van der Waals surface area contributed by atoms with Crippen molar-refractivity contribution < 1.29 is 9.66 Å². The lowest BCUT2D eigenvalue weighted by Gasteiger charge is -2.21. The van der Waals surface area contributed by atoms with Crippen molar-refractivity contribution in [3.63, 3.8) is 0 Å². The van der Waals surface area contributed by atoms with Crippen LogP contribution in [0.15, 0.2) is 12.1 Å². The van der Waals surface area contributed by atoms with Crippen molar-refractivity contribution in [3.05, 3.63) is 22.2 Å². The van der Waals surface area contributed by atoms with Crippen LogP contribution in [0.1, 0.15) is 13.3 Å². The van der Waals surface area contributed by atoms with Crippen LogP contribution < -0.4 is 10.2 Å². The molecular formula is C12H18N4O3. The van der Waals surface area contributed by atoms with Gasteiger partial charge in [-0.2, -0.15) is 0 Å². The van der Waals surface area contributed by atoms with Crippen LogP contribution in [-0.4, -0.2) is 42.8 Å². The molecule has 1 aliphatic rings. The fraction of sp³-hybridized carbons (Fsp3) is 0.583. The molecule has 104 valence electrons. The molecule has 1 N–H and O–H groups in total. The van der Waals surface area contributed by atoms with Crippen molar-refractivity contribution in [3.8, 4) is 0 Å². The minimum atomic E-state index is -0.389. The molecule has 7 heteroatoms. The summed E-state index contributed by atoms with van der Waals surface area (Å²) in [5.41, 5.74) is 0.0612. The Kier molecular flexibility index (Phi) is 4.51. The topological polar surface area (TPSA) is 80.5 Å². The Labute approximate surface area is 111 Å². The molecule has 1 saturated heterocycles. The van der Waals surface area contributed by atoms with E-state index in [1.165, 1.54) is 12.1 Å². The molecule has 0 saturated carbocycles. The highest BCUT2D eigenvalue weighted by Crippen LogP contribution is 2.24. The van der Waals surface area contributed by atoms with E-state index in [-0.39, 0.29) is 10.6 Å². The number of nitrogens with zero attached hydrogens (tertiary/aromatic N) is 3. The average molecular weight is 266 g/mol. The van der Waals surface area contributed by atoms with Gasteiger partial charge < -0.3 is 15.0 Å². The molecule has 0 radical (unpaired) electrons. The molecule has 0 amide bonds. The number of ether oxygens (including phenoxy) is 1. The average Bonchev–Trinajstić information content (AvgIpc) is 2.67. The second kappa shape index (κ2) is 6.33. The van der Waals surface area contributed by atoms with Crippen molar-refractivity contribution in [2.75, 3.05) is 43.1 Å². The van der Waals surface area contributed by atoms with Gasteiger partial charge in [-0.05, 0) is 13.3 Å². The molecule has 0 aliphatic carbocycles. The maximum Gasteiger partial charge on any atom is 0.276 e. The third kappa shape index (κ3) is 3.54. The first kappa shape index (κ1) is 13.5. The van der Waals surface area contributed by atoms with E-state index in [4.69, 9.17) is 4.74 Å². The highest BCUT2D eigenvalue weighted by atomic mass is 16.6. The summed E-state index contributed by atoms with van der Waals surface area (Å²) in [4.78, 5) is 17.0. The van der Waals surface area contributed by atoms with E-state index in [0.29, 0.717) is 31.3 Å². The molecule has 0 unspecified atom stereocenters. The summed E-state index contributed by atoms with van der Waals surface area (Å²) < 4.78 is 5.38. The molecule has 2 rings (SSSR count). The summed E-state index contributed by atoms with van der Waals surface area (Å²) in [6, 6.07) is 2.98. The van der Waals surface area contributed by atoms with Crippen molar-refractivity contribution in [2.24, 2.45) is 0 Å². The Balaban J connectivity index is 2.28. The normalized spacial score (nSPS) is 15.9. The lowest BCUT2D eigenvalue weighted by atomic mass is 10.3. The fourth-order valence-electron chi connectivity index (χ4n) is 2.02. The van der Waals surface area contributed by atoms with Crippen LogP contribution in [0.5, 0.6) is 0 Å². The van der Waals surface area contributed by atoms with Crippen LogP contribution in [0, 0.1) is 10.1 Å². The summed E-state index contributed by atoms with van der Waals surface area (Å²) >= 11 is 0. The van der Waals surface area contributed by atoms with Crippen LogP contribution >= 0.6 is 0 Å². The van der Waals surface area contributed by atoms with Crippen LogP contribution in [0.25, 0.3) is 0 Å². The lowest BCUT2D eigenvalue weighted by molar-refractivity contribution is -0.384. The molecule has 0 spiro atoms. The van der Waals surface area contributed by atoms with Crippen LogP contribution in [0.4, 0.5) is 17.3 Å². The first-order valence-electron chi connectivity index (χ1n) is 6.43. The molecule has 19 heavy (non-hydrogen) atoms. The van der Waals surface area contributed by atoms with E-state index in [1.807, 2.05) is 11.8 Å². The highest BCUT2D eigenvalue weighted by Gasteiger charge is 2.17. The zero-order valence-corrected chi connectivity index (χ0v) is 11.0. The van der Waals surface area contributed by atoms with Gasteiger partial charge in [0, 0.05) is 26.2 Å². The molecule has 7 nitrogen and oxygen atoms in total. The number of nitrogens with one attached hydrogen (secondary N) is 1. The van der Waals surface area contributed by atoms with Gasteiger partial charge >= 0.3 is 0 Å². The van der Waals surface area contributed by atoms with Gasteiger partial charge in [-0.1, -0.05) is 0 Å². The number of pyridine rings is 1. The number of rotatable bonds is 4. The monoisotopic (exact) mass is 266 g/mol. The van der Waals surface area contributed by atoms with Crippen molar-refractivity contribution in [1.82, 2.24) is 4.98 Å². The van der Waals surface area contributed by atoms with Crippen LogP contribution in [0.3, 0.4) is 0 Å². The van der Waals surface area contributed by atoms with E-state index in [9.17, 15) is 10.1 Å². The van der Waals surface area contributed by atoms with E-state index in [1.54, 1.807) is 0 Å². The Bertz CT molecular complexity index is 445. The third-order valence-electron chi connectivity index (χ3n) is 2.91. The van der Waals surface area contributed by atoms with Gasteiger partial charge in [0.15, 0.2) is 0 Å². The summed E-state index contributed by atoms with van der Waals surface area (Å²) in [5.74, 6) is 1.17. The van der Waals surface area contributed by atoms with Crippen LogP contribution in [0.2, 0.25) is 0 Å². The second-order valence-electron chi connectivity index (χ2n) is 4.31. The van der Waals surface area contributed by atoms with E-state index in [2.05, 4.69) is 10.3 Å². The van der Waals surface area contributed by atoms with Gasteiger partial charge in [0.2, 0.25) is 0 Å². The molecule has 1 fully saturated rings. The maximum atomic E-state index is 11.0. The molecule has 1 aromatic rings. The molecule has 1 aromatic heterocycles. The van der Waals surface area contributed by atoms with Gasteiger partial charge in [0.05, 0.1) is 23.7 Å². The van der Waals surface area contributed by atoms with Gasteiger partial charge in [0.25, 0.3) is 5.69 Å². The molecule has 0 atom stereocenters. The van der Waals surface area contributed by atoms with Gasteiger partial charge in [-0.15, -0.1) is 0 Å². The van der Waals surface area contributed by atoms with Crippen molar-refractivity contribution >= 4 is 17.3 Å². The zero-order valence-electron chi connectivity index (χ0n) is 11.0. The molecule has 0 bridgehead atoms. The first-order chi connectivity index (χ1) is 9.20. The Hall–Kier alpha value is -1.89. The summed E-state index contributed by atoms with van der Waals surface area (Å²) in [6.07, 6.45) is 0.904.